The van der Waals surface area contributed by atoms with E-state index in [9.17, 15) is 10.2 Å². The maximum absolute atomic E-state index is 9.46. The minimum atomic E-state index is -0.684. The van der Waals surface area contributed by atoms with Gasteiger partial charge in [0, 0.05) is 18.8 Å². The molecule has 0 bridgehead atoms. The van der Waals surface area contributed by atoms with Gasteiger partial charge < -0.3 is 15.1 Å². The molecule has 1 aliphatic heterocycles. The van der Waals surface area contributed by atoms with Crippen LogP contribution in [0.25, 0.3) is 0 Å². The summed E-state index contributed by atoms with van der Waals surface area (Å²) in [4.78, 5) is 1.92. The molecule has 1 aromatic rings. The molecular weight excluding hydrogens is 204 g/mol. The third-order valence-corrected chi connectivity index (χ3v) is 2.95. The Labute approximate surface area is 94.4 Å². The van der Waals surface area contributed by atoms with Gasteiger partial charge in [0.25, 0.3) is 0 Å². The predicted molar refractivity (Wildman–Crippen MR) is 60.1 cm³/mol. The van der Waals surface area contributed by atoms with Gasteiger partial charge in [-0.25, -0.2) is 0 Å². The Balaban J connectivity index is 2.23. The fourth-order valence-electron chi connectivity index (χ4n) is 1.95. The van der Waals surface area contributed by atoms with Crippen LogP contribution in [0.4, 0.5) is 5.69 Å². The molecule has 1 heterocycles. The molecule has 84 valence electrons. The molecule has 2 atom stereocenters. The molecule has 1 saturated heterocycles. The van der Waals surface area contributed by atoms with Crippen molar-refractivity contribution in [2.24, 2.45) is 0 Å². The van der Waals surface area contributed by atoms with E-state index in [2.05, 4.69) is 6.07 Å². The van der Waals surface area contributed by atoms with Gasteiger partial charge in [-0.2, -0.15) is 5.26 Å². The van der Waals surface area contributed by atoms with Gasteiger partial charge >= 0.3 is 0 Å². The molecule has 16 heavy (non-hydrogen) atoms. The molecule has 0 spiro atoms. The van der Waals surface area contributed by atoms with Crippen molar-refractivity contribution in [3.8, 4) is 6.07 Å². The zero-order chi connectivity index (χ0) is 11.7. The Hall–Kier alpha value is -1.57. The summed E-state index contributed by atoms with van der Waals surface area (Å²) in [6.45, 7) is 2.75. The van der Waals surface area contributed by atoms with Crippen LogP contribution < -0.4 is 4.90 Å². The van der Waals surface area contributed by atoms with Crippen molar-refractivity contribution in [1.82, 2.24) is 0 Å². The first-order chi connectivity index (χ1) is 7.61. The molecule has 0 aromatic heterocycles. The molecule has 2 rings (SSSR count). The van der Waals surface area contributed by atoms with Crippen LogP contribution in [0.1, 0.15) is 11.1 Å². The number of aliphatic hydroxyl groups is 2. The van der Waals surface area contributed by atoms with E-state index in [0.717, 1.165) is 11.3 Å². The SMILES string of the molecule is Cc1cc(N2CC(O)C(O)C2)ccc1C#N. The van der Waals surface area contributed by atoms with Gasteiger partial charge in [0.05, 0.1) is 23.8 Å². The number of nitrogens with zero attached hydrogens (tertiary/aromatic N) is 2. The summed E-state index contributed by atoms with van der Waals surface area (Å²) in [5.41, 5.74) is 2.51. The minimum Gasteiger partial charge on any atom is -0.389 e. The fourth-order valence-corrected chi connectivity index (χ4v) is 1.95. The van der Waals surface area contributed by atoms with E-state index in [1.54, 1.807) is 6.07 Å². The van der Waals surface area contributed by atoms with Gasteiger partial charge in [-0.3, -0.25) is 0 Å². The summed E-state index contributed by atoms with van der Waals surface area (Å²) < 4.78 is 0. The number of benzene rings is 1. The summed E-state index contributed by atoms with van der Waals surface area (Å²) in [5.74, 6) is 0. The van der Waals surface area contributed by atoms with Crippen LogP contribution in [-0.4, -0.2) is 35.5 Å². The topological polar surface area (TPSA) is 67.5 Å². The zero-order valence-corrected chi connectivity index (χ0v) is 9.09. The highest BCUT2D eigenvalue weighted by molar-refractivity contribution is 5.54. The Kier molecular flexibility index (Phi) is 2.82. The monoisotopic (exact) mass is 218 g/mol. The highest BCUT2D eigenvalue weighted by atomic mass is 16.3. The number of anilines is 1. The first kappa shape index (κ1) is 10.9. The third kappa shape index (κ3) is 1.87. The summed E-state index contributed by atoms with van der Waals surface area (Å²) in [6.07, 6.45) is -1.37. The lowest BCUT2D eigenvalue weighted by atomic mass is 10.1. The number of nitriles is 1. The second-order valence-corrected chi connectivity index (χ2v) is 4.15. The van der Waals surface area contributed by atoms with Gasteiger partial charge in [-0.15, -0.1) is 0 Å². The van der Waals surface area contributed by atoms with Crippen LogP contribution in [0.3, 0.4) is 0 Å². The number of aliphatic hydroxyl groups excluding tert-OH is 2. The summed E-state index contributed by atoms with van der Waals surface area (Å²) in [6, 6.07) is 7.63. The molecule has 1 fully saturated rings. The quantitative estimate of drug-likeness (QED) is 0.716. The lowest BCUT2D eigenvalue weighted by molar-refractivity contribution is 0.0572. The van der Waals surface area contributed by atoms with E-state index in [0.29, 0.717) is 18.7 Å². The average molecular weight is 218 g/mol. The maximum atomic E-state index is 9.46. The smallest absolute Gasteiger partial charge is 0.0994 e. The van der Waals surface area contributed by atoms with Crippen molar-refractivity contribution in [3.63, 3.8) is 0 Å². The summed E-state index contributed by atoms with van der Waals surface area (Å²) in [5, 5.41) is 27.7. The van der Waals surface area contributed by atoms with Crippen LogP contribution >= 0.6 is 0 Å². The number of aryl methyl sites for hydroxylation is 1. The van der Waals surface area contributed by atoms with Gasteiger partial charge in [0.2, 0.25) is 0 Å². The van der Waals surface area contributed by atoms with Crippen molar-refractivity contribution in [2.75, 3.05) is 18.0 Å². The third-order valence-electron chi connectivity index (χ3n) is 2.95. The Morgan fingerprint density at radius 3 is 2.44 bits per heavy atom. The molecular formula is C12H14N2O2. The van der Waals surface area contributed by atoms with Gasteiger partial charge in [0.1, 0.15) is 0 Å². The second-order valence-electron chi connectivity index (χ2n) is 4.15. The maximum Gasteiger partial charge on any atom is 0.0994 e. The van der Waals surface area contributed by atoms with Crippen molar-refractivity contribution < 1.29 is 10.2 Å². The van der Waals surface area contributed by atoms with Gasteiger partial charge in [-0.1, -0.05) is 0 Å². The predicted octanol–water partition coefficient (Wildman–Crippen LogP) is 0.409. The molecule has 4 nitrogen and oxygen atoms in total. The van der Waals surface area contributed by atoms with Gasteiger partial charge in [-0.05, 0) is 30.7 Å². The number of rotatable bonds is 1. The van der Waals surface area contributed by atoms with Crippen LogP contribution in [0.2, 0.25) is 0 Å². The van der Waals surface area contributed by atoms with E-state index < -0.39 is 12.2 Å². The highest BCUT2D eigenvalue weighted by Crippen LogP contribution is 2.23. The van der Waals surface area contributed by atoms with Crippen molar-refractivity contribution in [3.05, 3.63) is 29.3 Å². The van der Waals surface area contributed by atoms with Crippen LogP contribution in [0, 0.1) is 18.3 Å². The molecule has 1 aliphatic rings. The number of hydrogen-bond donors (Lipinski definition) is 2. The minimum absolute atomic E-state index is 0.437. The molecule has 0 amide bonds. The number of hydrogen-bond acceptors (Lipinski definition) is 4. The van der Waals surface area contributed by atoms with Crippen molar-refractivity contribution in [1.29, 1.82) is 5.26 Å². The summed E-state index contributed by atoms with van der Waals surface area (Å²) >= 11 is 0. The standard InChI is InChI=1S/C12H14N2O2/c1-8-4-10(3-2-9(8)5-13)14-6-11(15)12(16)7-14/h2-4,11-12,15-16H,6-7H2,1H3. The molecule has 0 radical (unpaired) electrons. The lowest BCUT2D eigenvalue weighted by Gasteiger charge is -2.18. The van der Waals surface area contributed by atoms with Crippen LogP contribution in [-0.2, 0) is 0 Å². The van der Waals surface area contributed by atoms with Crippen molar-refractivity contribution >= 4 is 5.69 Å². The average Bonchev–Trinajstić information content (AvgIpc) is 2.59. The molecule has 2 N–H and O–H groups in total. The summed E-state index contributed by atoms with van der Waals surface area (Å²) in [7, 11) is 0. The van der Waals surface area contributed by atoms with Crippen molar-refractivity contribution in [2.45, 2.75) is 19.1 Å². The largest absolute Gasteiger partial charge is 0.389 e. The molecule has 2 unspecified atom stereocenters. The van der Waals surface area contributed by atoms with Crippen LogP contribution in [0.5, 0.6) is 0 Å². The van der Waals surface area contributed by atoms with Crippen LogP contribution in [0.15, 0.2) is 18.2 Å². The Morgan fingerprint density at radius 1 is 1.31 bits per heavy atom. The first-order valence-corrected chi connectivity index (χ1v) is 5.23. The number of β-amino-alcohol motifs (C(OH)–C–C–N with tert-alkyl or cyclic N) is 2. The Bertz CT molecular complexity index is 429. The van der Waals surface area contributed by atoms with E-state index in [4.69, 9.17) is 5.26 Å². The first-order valence-electron chi connectivity index (χ1n) is 5.23. The normalized spacial score (nSPS) is 24.5. The fraction of sp³-hybridized carbons (Fsp3) is 0.417. The highest BCUT2D eigenvalue weighted by Gasteiger charge is 2.29. The molecule has 4 heteroatoms. The van der Waals surface area contributed by atoms with E-state index in [-0.39, 0.29) is 0 Å². The van der Waals surface area contributed by atoms with E-state index in [1.807, 2.05) is 24.0 Å². The molecule has 0 saturated carbocycles. The van der Waals surface area contributed by atoms with E-state index >= 15 is 0 Å². The molecule has 1 aromatic carbocycles. The molecule has 0 aliphatic carbocycles. The Morgan fingerprint density at radius 2 is 1.94 bits per heavy atom. The second kappa shape index (κ2) is 4.12. The van der Waals surface area contributed by atoms with E-state index in [1.165, 1.54) is 0 Å². The zero-order valence-electron chi connectivity index (χ0n) is 9.09. The lowest BCUT2D eigenvalue weighted by Crippen LogP contribution is -2.22. The van der Waals surface area contributed by atoms with Gasteiger partial charge in [0.15, 0.2) is 0 Å².